The van der Waals surface area contributed by atoms with E-state index in [2.05, 4.69) is 5.32 Å². The van der Waals surface area contributed by atoms with Crippen molar-refractivity contribution < 1.29 is 8.78 Å². The molecule has 0 fully saturated rings. The third-order valence-corrected chi connectivity index (χ3v) is 4.23. The molecule has 1 atom stereocenters. The third kappa shape index (κ3) is 2.14. The maximum absolute atomic E-state index is 15.0. The molecule has 2 aromatic carbocycles. The monoisotopic (exact) mass is 278 g/mol. The molecule has 0 bridgehead atoms. The van der Waals surface area contributed by atoms with Gasteiger partial charge in [-0.05, 0) is 42.1 Å². The fourth-order valence-corrected chi connectivity index (χ4v) is 3.20. The van der Waals surface area contributed by atoms with E-state index in [1.165, 1.54) is 17.0 Å². The molecular weight excluding hydrogens is 266 g/mol. The molecule has 0 spiro atoms. The molecule has 2 aromatic rings. The van der Waals surface area contributed by atoms with Crippen LogP contribution in [0.3, 0.4) is 0 Å². The molecule has 98 valence electrons. The molecule has 0 aliphatic carbocycles. The molecule has 0 aromatic heterocycles. The van der Waals surface area contributed by atoms with E-state index in [0.717, 1.165) is 11.8 Å². The van der Waals surface area contributed by atoms with Crippen molar-refractivity contribution in [2.24, 2.45) is 0 Å². The lowest BCUT2D eigenvalue weighted by molar-refractivity contribution is 0.330. The Hall–Kier alpha value is -1.75. The summed E-state index contributed by atoms with van der Waals surface area (Å²) in [7, 11) is 1.65. The summed E-state index contributed by atoms with van der Waals surface area (Å²) in [5, 5.41) is 1.03. The van der Waals surface area contributed by atoms with Crippen molar-refractivity contribution in [1.82, 2.24) is 0 Å². The number of halogens is 2. The Morgan fingerprint density at radius 1 is 1.16 bits per heavy atom. The largest absolute Gasteiger partial charge is 0.327 e. The first-order valence-corrected chi connectivity index (χ1v) is 6.65. The molecule has 5 heteroatoms. The van der Waals surface area contributed by atoms with E-state index < -0.39 is 5.25 Å². The van der Waals surface area contributed by atoms with Gasteiger partial charge in [0, 0.05) is 17.6 Å². The van der Waals surface area contributed by atoms with Crippen molar-refractivity contribution in [3.05, 3.63) is 54.3 Å². The summed E-state index contributed by atoms with van der Waals surface area (Å²) in [6.45, 7) is 0. The minimum Gasteiger partial charge on any atom is -0.327 e. The highest BCUT2D eigenvalue weighted by Gasteiger charge is 2.43. The van der Waals surface area contributed by atoms with Crippen LogP contribution in [-0.4, -0.2) is 12.3 Å². The smallest absolute Gasteiger partial charge is 0.313 e. The highest BCUT2D eigenvalue weighted by molar-refractivity contribution is 8.01. The lowest BCUT2D eigenvalue weighted by atomic mass is 10.3. The van der Waals surface area contributed by atoms with Crippen molar-refractivity contribution >= 4 is 23.1 Å². The van der Waals surface area contributed by atoms with Crippen molar-refractivity contribution in [3.8, 4) is 0 Å². The highest BCUT2D eigenvalue weighted by Crippen LogP contribution is 2.50. The van der Waals surface area contributed by atoms with Gasteiger partial charge in [0.15, 0.2) is 0 Å². The van der Waals surface area contributed by atoms with Gasteiger partial charge in [0.05, 0.1) is 5.69 Å². The Kier molecular flexibility index (Phi) is 2.86. The number of alkyl halides is 1. The second-order valence-corrected chi connectivity index (χ2v) is 5.51. The minimum atomic E-state index is -1.81. The number of nitrogens with one attached hydrogen (secondary N) is 1. The van der Waals surface area contributed by atoms with E-state index >= 15 is 0 Å². The Bertz CT molecular complexity index is 606. The predicted molar refractivity (Wildman–Crippen MR) is 74.6 cm³/mol. The van der Waals surface area contributed by atoms with Gasteiger partial charge >= 0.3 is 5.25 Å². The van der Waals surface area contributed by atoms with Crippen LogP contribution < -0.4 is 10.2 Å². The van der Waals surface area contributed by atoms with Gasteiger partial charge in [-0.25, -0.2) is 4.39 Å². The van der Waals surface area contributed by atoms with Crippen LogP contribution in [0.2, 0.25) is 0 Å². The molecule has 3 rings (SSSR count). The van der Waals surface area contributed by atoms with E-state index in [0.29, 0.717) is 16.3 Å². The van der Waals surface area contributed by atoms with Crippen LogP contribution in [0.5, 0.6) is 0 Å². The molecule has 0 amide bonds. The summed E-state index contributed by atoms with van der Waals surface area (Å²) in [5.41, 5.74) is 1.36. The summed E-state index contributed by atoms with van der Waals surface area (Å²) in [4.78, 5) is 2.06. The van der Waals surface area contributed by atoms with Gasteiger partial charge in [0.1, 0.15) is 5.82 Å². The molecule has 1 unspecified atom stereocenters. The number of hydrogen-bond acceptors (Lipinski definition) is 3. The summed E-state index contributed by atoms with van der Waals surface area (Å²) in [6.07, 6.45) is 0. The van der Waals surface area contributed by atoms with Gasteiger partial charge in [-0.3, -0.25) is 0 Å². The molecule has 1 heterocycles. The van der Waals surface area contributed by atoms with Crippen molar-refractivity contribution in [2.75, 3.05) is 17.3 Å². The molecule has 1 aliphatic rings. The van der Waals surface area contributed by atoms with E-state index in [1.54, 1.807) is 25.2 Å². The molecular formula is C14H12F2N2S. The molecule has 2 nitrogen and oxygen atoms in total. The van der Waals surface area contributed by atoms with Gasteiger partial charge in [-0.15, -0.1) is 0 Å². The Balaban J connectivity index is 1.91. The zero-order valence-corrected chi connectivity index (χ0v) is 11.0. The quantitative estimate of drug-likeness (QED) is 0.834. The SMILES string of the molecule is CN1c2ccc(F)cc2SC1(F)Nc1ccccc1. The van der Waals surface area contributed by atoms with Gasteiger partial charge in [-0.2, -0.15) is 4.39 Å². The summed E-state index contributed by atoms with van der Waals surface area (Å²) in [6, 6.07) is 13.4. The van der Waals surface area contributed by atoms with Crippen LogP contribution in [0.15, 0.2) is 53.4 Å². The van der Waals surface area contributed by atoms with E-state index in [-0.39, 0.29) is 5.82 Å². The number of rotatable bonds is 2. The molecule has 1 aliphatic heterocycles. The number of thioether (sulfide) groups is 1. The second kappa shape index (κ2) is 4.42. The van der Waals surface area contributed by atoms with Crippen molar-refractivity contribution in [3.63, 3.8) is 0 Å². The Labute approximate surface area is 114 Å². The van der Waals surface area contributed by atoms with Crippen molar-refractivity contribution in [2.45, 2.75) is 10.1 Å². The van der Waals surface area contributed by atoms with Gasteiger partial charge < -0.3 is 10.2 Å². The first kappa shape index (κ1) is 12.3. The topological polar surface area (TPSA) is 15.3 Å². The predicted octanol–water partition coefficient (Wildman–Crippen LogP) is 4.06. The van der Waals surface area contributed by atoms with Crippen LogP contribution >= 0.6 is 11.8 Å². The molecule has 19 heavy (non-hydrogen) atoms. The number of benzene rings is 2. The lowest BCUT2D eigenvalue weighted by Gasteiger charge is -2.30. The number of anilines is 2. The average Bonchev–Trinajstić information content (AvgIpc) is 2.62. The average molecular weight is 278 g/mol. The Morgan fingerprint density at radius 3 is 2.63 bits per heavy atom. The first-order valence-electron chi connectivity index (χ1n) is 5.83. The van der Waals surface area contributed by atoms with Crippen LogP contribution in [0.1, 0.15) is 0 Å². The standard InChI is InChI=1S/C14H12F2N2S/c1-18-12-8-7-10(15)9-13(12)19-14(18,16)17-11-5-3-2-4-6-11/h2-9,17H,1H3. The van der Waals surface area contributed by atoms with Crippen LogP contribution in [0, 0.1) is 5.82 Å². The van der Waals surface area contributed by atoms with Crippen LogP contribution in [0.25, 0.3) is 0 Å². The summed E-state index contributed by atoms with van der Waals surface area (Å²) >= 11 is 0.964. The van der Waals surface area contributed by atoms with E-state index in [4.69, 9.17) is 0 Å². The zero-order valence-electron chi connectivity index (χ0n) is 10.2. The normalized spacial score (nSPS) is 21.3. The second-order valence-electron chi connectivity index (χ2n) is 4.33. The maximum Gasteiger partial charge on any atom is 0.313 e. The van der Waals surface area contributed by atoms with Crippen molar-refractivity contribution in [1.29, 1.82) is 0 Å². The summed E-state index contributed by atoms with van der Waals surface area (Å²) < 4.78 is 28.2. The number of fused-ring (bicyclic) bond motifs is 1. The molecule has 0 saturated carbocycles. The fourth-order valence-electron chi connectivity index (χ4n) is 2.02. The van der Waals surface area contributed by atoms with Gasteiger partial charge in [0.2, 0.25) is 0 Å². The molecule has 1 N–H and O–H groups in total. The highest BCUT2D eigenvalue weighted by atomic mass is 32.2. The number of nitrogens with zero attached hydrogens (tertiary/aromatic N) is 1. The third-order valence-electron chi connectivity index (χ3n) is 3.03. The molecule has 0 saturated heterocycles. The van der Waals surface area contributed by atoms with Crippen LogP contribution in [-0.2, 0) is 0 Å². The zero-order chi connectivity index (χ0) is 13.5. The number of para-hydroxylation sites is 1. The lowest BCUT2D eigenvalue weighted by Crippen LogP contribution is -2.43. The maximum atomic E-state index is 15.0. The van der Waals surface area contributed by atoms with Gasteiger partial charge in [0.25, 0.3) is 0 Å². The fraction of sp³-hybridized carbons (Fsp3) is 0.143. The number of hydrogen-bond donors (Lipinski definition) is 1. The van der Waals surface area contributed by atoms with E-state index in [1.807, 2.05) is 18.2 Å². The Morgan fingerprint density at radius 2 is 1.89 bits per heavy atom. The minimum absolute atomic E-state index is 0.358. The first-order chi connectivity index (χ1) is 9.08. The molecule has 0 radical (unpaired) electrons. The van der Waals surface area contributed by atoms with Crippen LogP contribution in [0.4, 0.5) is 20.2 Å². The van der Waals surface area contributed by atoms with Gasteiger partial charge in [-0.1, -0.05) is 18.2 Å². The van der Waals surface area contributed by atoms with E-state index in [9.17, 15) is 8.78 Å². The summed E-state index contributed by atoms with van der Waals surface area (Å²) in [5.74, 6) is -0.358.